The SMILES string of the molecule is CCCC(CN[C@H]1CCc2c(cccc2OC(C)=O)C1)c1cccs1.Cl. The van der Waals surface area contributed by atoms with Crippen molar-refractivity contribution in [3.05, 3.63) is 51.7 Å². The Morgan fingerprint density at radius 2 is 2.19 bits per heavy atom. The van der Waals surface area contributed by atoms with Crippen molar-refractivity contribution < 1.29 is 9.53 Å². The summed E-state index contributed by atoms with van der Waals surface area (Å²) in [6.07, 6.45) is 5.51. The van der Waals surface area contributed by atoms with Crippen molar-refractivity contribution in [3.63, 3.8) is 0 Å². The van der Waals surface area contributed by atoms with Crippen molar-refractivity contribution in [3.8, 4) is 5.75 Å². The fraction of sp³-hybridized carbons (Fsp3) is 0.476. The summed E-state index contributed by atoms with van der Waals surface area (Å²) >= 11 is 1.87. The number of ether oxygens (including phenoxy) is 1. The first-order valence-electron chi connectivity index (χ1n) is 9.23. The fourth-order valence-corrected chi connectivity index (χ4v) is 4.59. The Labute approximate surface area is 166 Å². The van der Waals surface area contributed by atoms with E-state index in [1.165, 1.54) is 35.8 Å². The van der Waals surface area contributed by atoms with Crippen LogP contribution in [0.4, 0.5) is 0 Å². The van der Waals surface area contributed by atoms with E-state index in [0.717, 1.165) is 31.6 Å². The summed E-state index contributed by atoms with van der Waals surface area (Å²) < 4.78 is 5.37. The van der Waals surface area contributed by atoms with Crippen molar-refractivity contribution in [1.29, 1.82) is 0 Å². The van der Waals surface area contributed by atoms with Crippen LogP contribution in [0.2, 0.25) is 0 Å². The van der Waals surface area contributed by atoms with Crippen LogP contribution in [0.15, 0.2) is 35.7 Å². The molecule has 1 aromatic heterocycles. The molecule has 142 valence electrons. The number of rotatable bonds is 7. The molecule has 1 N–H and O–H groups in total. The number of nitrogens with one attached hydrogen (secondary N) is 1. The van der Waals surface area contributed by atoms with Gasteiger partial charge in [0.25, 0.3) is 0 Å². The monoisotopic (exact) mass is 393 g/mol. The highest BCUT2D eigenvalue weighted by Crippen LogP contribution is 2.31. The van der Waals surface area contributed by atoms with E-state index in [1.807, 2.05) is 23.5 Å². The van der Waals surface area contributed by atoms with Crippen molar-refractivity contribution in [2.24, 2.45) is 0 Å². The van der Waals surface area contributed by atoms with Crippen LogP contribution < -0.4 is 10.1 Å². The zero-order chi connectivity index (χ0) is 17.6. The van der Waals surface area contributed by atoms with Crippen LogP contribution in [0.25, 0.3) is 0 Å². The molecule has 1 aliphatic rings. The second-order valence-corrected chi connectivity index (χ2v) is 7.82. The van der Waals surface area contributed by atoms with E-state index in [-0.39, 0.29) is 18.4 Å². The van der Waals surface area contributed by atoms with Crippen molar-refractivity contribution in [2.75, 3.05) is 6.54 Å². The summed E-state index contributed by atoms with van der Waals surface area (Å²) in [7, 11) is 0. The molecule has 0 aliphatic heterocycles. The van der Waals surface area contributed by atoms with Crippen LogP contribution in [-0.2, 0) is 17.6 Å². The van der Waals surface area contributed by atoms with Crippen LogP contribution in [-0.4, -0.2) is 18.6 Å². The van der Waals surface area contributed by atoms with Gasteiger partial charge in [0.1, 0.15) is 5.75 Å². The maximum absolute atomic E-state index is 11.3. The maximum atomic E-state index is 11.3. The summed E-state index contributed by atoms with van der Waals surface area (Å²) in [4.78, 5) is 12.8. The van der Waals surface area contributed by atoms with Gasteiger partial charge in [-0.25, -0.2) is 0 Å². The molecule has 26 heavy (non-hydrogen) atoms. The molecule has 1 unspecified atom stereocenters. The van der Waals surface area contributed by atoms with E-state index in [0.29, 0.717) is 12.0 Å². The van der Waals surface area contributed by atoms with E-state index >= 15 is 0 Å². The smallest absolute Gasteiger partial charge is 0.308 e. The predicted molar refractivity (Wildman–Crippen MR) is 111 cm³/mol. The second kappa shape index (κ2) is 10.1. The number of carbonyl (C=O) groups excluding carboxylic acids is 1. The number of carbonyl (C=O) groups is 1. The van der Waals surface area contributed by atoms with Crippen LogP contribution >= 0.6 is 23.7 Å². The summed E-state index contributed by atoms with van der Waals surface area (Å²) in [5.74, 6) is 1.11. The van der Waals surface area contributed by atoms with Gasteiger partial charge in [-0.1, -0.05) is 31.5 Å². The molecule has 1 aromatic carbocycles. The Morgan fingerprint density at radius 3 is 2.88 bits per heavy atom. The van der Waals surface area contributed by atoms with Gasteiger partial charge in [-0.15, -0.1) is 23.7 Å². The third kappa shape index (κ3) is 5.32. The van der Waals surface area contributed by atoms with Gasteiger partial charge < -0.3 is 10.1 Å². The van der Waals surface area contributed by atoms with Gasteiger partial charge in [-0.05, 0) is 54.3 Å². The van der Waals surface area contributed by atoms with Gasteiger partial charge in [0.05, 0.1) is 0 Å². The molecule has 3 nitrogen and oxygen atoms in total. The molecule has 0 amide bonds. The molecule has 3 rings (SSSR count). The highest BCUT2D eigenvalue weighted by Gasteiger charge is 2.23. The lowest BCUT2D eigenvalue weighted by Crippen LogP contribution is -2.37. The Morgan fingerprint density at radius 1 is 1.35 bits per heavy atom. The highest BCUT2D eigenvalue weighted by atomic mass is 35.5. The highest BCUT2D eigenvalue weighted by molar-refractivity contribution is 7.10. The van der Waals surface area contributed by atoms with Crippen molar-refractivity contribution in [2.45, 2.75) is 57.9 Å². The van der Waals surface area contributed by atoms with E-state index in [9.17, 15) is 4.79 Å². The first-order chi connectivity index (χ1) is 12.2. The van der Waals surface area contributed by atoms with Gasteiger partial charge in [-0.2, -0.15) is 0 Å². The van der Waals surface area contributed by atoms with Crippen LogP contribution in [0, 0.1) is 0 Å². The summed E-state index contributed by atoms with van der Waals surface area (Å²) in [6, 6.07) is 11.0. The van der Waals surface area contributed by atoms with Gasteiger partial charge in [0, 0.05) is 30.3 Å². The van der Waals surface area contributed by atoms with Crippen LogP contribution in [0.3, 0.4) is 0 Å². The van der Waals surface area contributed by atoms with Crippen LogP contribution in [0.1, 0.15) is 55.0 Å². The maximum Gasteiger partial charge on any atom is 0.308 e. The molecule has 0 spiro atoms. The quantitative estimate of drug-likeness (QED) is 0.523. The zero-order valence-electron chi connectivity index (χ0n) is 15.5. The average molecular weight is 394 g/mol. The topological polar surface area (TPSA) is 38.3 Å². The minimum absolute atomic E-state index is 0. The molecule has 1 heterocycles. The molecule has 0 saturated carbocycles. The van der Waals surface area contributed by atoms with E-state index < -0.39 is 0 Å². The summed E-state index contributed by atoms with van der Waals surface area (Å²) in [5, 5.41) is 5.97. The van der Waals surface area contributed by atoms with E-state index in [4.69, 9.17) is 4.74 Å². The molecule has 0 radical (unpaired) electrons. The van der Waals surface area contributed by atoms with Gasteiger partial charge >= 0.3 is 5.97 Å². The first-order valence-corrected chi connectivity index (χ1v) is 10.1. The molecule has 2 aromatic rings. The van der Waals surface area contributed by atoms with Gasteiger partial charge in [-0.3, -0.25) is 4.79 Å². The second-order valence-electron chi connectivity index (χ2n) is 6.84. The fourth-order valence-electron chi connectivity index (χ4n) is 3.72. The van der Waals surface area contributed by atoms with Gasteiger partial charge in [0.15, 0.2) is 0 Å². The predicted octanol–water partition coefficient (Wildman–Crippen LogP) is 5.13. The lowest BCUT2D eigenvalue weighted by Gasteiger charge is -2.28. The molecule has 0 fully saturated rings. The number of fused-ring (bicyclic) bond motifs is 1. The number of thiophene rings is 1. The number of esters is 1. The summed E-state index contributed by atoms with van der Waals surface area (Å²) in [6.45, 7) is 4.76. The lowest BCUT2D eigenvalue weighted by atomic mass is 9.87. The largest absolute Gasteiger partial charge is 0.426 e. The lowest BCUT2D eigenvalue weighted by molar-refractivity contribution is -0.131. The average Bonchev–Trinajstić information content (AvgIpc) is 3.12. The molecule has 1 aliphatic carbocycles. The Balaban J connectivity index is 0.00000243. The molecular formula is C21H28ClNO2S. The Kier molecular flexibility index (Phi) is 8.14. The first kappa shape index (κ1) is 20.9. The van der Waals surface area contributed by atoms with E-state index in [2.05, 4.69) is 35.8 Å². The number of hydrogen-bond acceptors (Lipinski definition) is 4. The number of benzene rings is 1. The number of halogens is 1. The minimum atomic E-state index is -0.244. The minimum Gasteiger partial charge on any atom is -0.426 e. The Bertz CT molecular complexity index is 702. The third-order valence-corrected chi connectivity index (χ3v) is 5.96. The summed E-state index contributed by atoms with van der Waals surface area (Å²) in [5.41, 5.74) is 2.52. The van der Waals surface area contributed by atoms with E-state index in [1.54, 1.807) is 0 Å². The van der Waals surface area contributed by atoms with Crippen LogP contribution in [0.5, 0.6) is 5.75 Å². The number of hydrogen-bond donors (Lipinski definition) is 1. The molecule has 0 saturated heterocycles. The Hall–Kier alpha value is -1.36. The molecule has 2 atom stereocenters. The molecule has 5 heteroatoms. The molecule has 0 bridgehead atoms. The van der Waals surface area contributed by atoms with Crippen molar-refractivity contribution in [1.82, 2.24) is 5.32 Å². The zero-order valence-corrected chi connectivity index (χ0v) is 17.1. The third-order valence-electron chi connectivity index (χ3n) is 4.93. The standard InChI is InChI=1S/C21H27NO2S.ClH/c1-3-6-17(21-9-5-12-25-21)14-22-18-10-11-19-16(13-18)7-4-8-20(19)24-15(2)23;/h4-5,7-9,12,17-18,22H,3,6,10-11,13-14H2,1-2H3;1H/t17?,18-;/m0./s1. The van der Waals surface area contributed by atoms with Crippen molar-refractivity contribution >= 4 is 29.7 Å². The normalized spacial score (nSPS) is 17.1. The molecular weight excluding hydrogens is 366 g/mol. The van der Waals surface area contributed by atoms with Gasteiger partial charge in [0.2, 0.25) is 0 Å².